The zero-order chi connectivity index (χ0) is 14.5. The topological polar surface area (TPSA) is 53.0 Å². The molecule has 1 fully saturated rings. The lowest BCUT2D eigenvalue weighted by Crippen LogP contribution is -2.51. The van der Waals surface area contributed by atoms with Crippen molar-refractivity contribution in [2.45, 2.75) is 45.3 Å². The number of hydrogen-bond acceptors (Lipinski definition) is 4. The van der Waals surface area contributed by atoms with Crippen molar-refractivity contribution in [2.75, 3.05) is 39.8 Å². The second-order valence-electron chi connectivity index (χ2n) is 6.04. The first-order valence-corrected chi connectivity index (χ1v) is 7.07. The van der Waals surface area contributed by atoms with Crippen molar-refractivity contribution in [1.29, 1.82) is 0 Å². The van der Waals surface area contributed by atoms with Gasteiger partial charge in [0.05, 0.1) is 12.0 Å². The zero-order valence-electron chi connectivity index (χ0n) is 12.7. The van der Waals surface area contributed by atoms with Gasteiger partial charge in [0.25, 0.3) is 0 Å². The maximum absolute atomic E-state index is 10.6. The summed E-state index contributed by atoms with van der Waals surface area (Å²) in [6.45, 7) is 11.1. The van der Waals surface area contributed by atoms with E-state index in [2.05, 4.69) is 30.6 Å². The number of carboxylic acid groups (broad SMARTS) is 1. The van der Waals surface area contributed by atoms with Crippen LogP contribution in [0.15, 0.2) is 0 Å². The minimum absolute atomic E-state index is 0.0835. The third-order valence-electron chi connectivity index (χ3n) is 4.01. The van der Waals surface area contributed by atoms with E-state index in [9.17, 15) is 4.79 Å². The molecule has 1 aliphatic heterocycles. The Balaban J connectivity index is 2.31. The fourth-order valence-corrected chi connectivity index (χ4v) is 2.61. The zero-order valence-corrected chi connectivity index (χ0v) is 12.7. The van der Waals surface area contributed by atoms with Crippen LogP contribution in [0.1, 0.15) is 33.6 Å². The van der Waals surface area contributed by atoms with Crippen LogP contribution in [0.3, 0.4) is 0 Å². The number of ether oxygens (including phenoxy) is 1. The predicted octanol–water partition coefficient (Wildman–Crippen LogP) is 1.28. The van der Waals surface area contributed by atoms with Crippen molar-refractivity contribution in [1.82, 2.24) is 9.80 Å². The summed E-state index contributed by atoms with van der Waals surface area (Å²) in [5.41, 5.74) is -0.0835. The Bertz CT molecular complexity index is 286. The molecule has 5 nitrogen and oxygen atoms in total. The molecule has 0 aromatic carbocycles. The fraction of sp³-hybridized carbons (Fsp3) is 0.929. The first-order chi connectivity index (χ1) is 8.84. The summed E-state index contributed by atoms with van der Waals surface area (Å²) in [7, 11) is 1.76. The van der Waals surface area contributed by atoms with Gasteiger partial charge in [-0.15, -0.1) is 0 Å². The molecule has 1 atom stereocenters. The minimum Gasteiger partial charge on any atom is -0.481 e. The standard InChI is InChI=1S/C14H28N2O3/c1-12(11-14(2,3)19-4)16-9-7-15(8-10-16)6-5-13(17)18/h12H,5-11H2,1-4H3,(H,17,18). The second-order valence-corrected chi connectivity index (χ2v) is 6.04. The van der Waals surface area contributed by atoms with Crippen molar-refractivity contribution in [3.05, 3.63) is 0 Å². The molecule has 0 spiro atoms. The third kappa shape index (κ3) is 5.89. The highest BCUT2D eigenvalue weighted by atomic mass is 16.5. The minimum atomic E-state index is -0.711. The Hall–Kier alpha value is -0.650. The van der Waals surface area contributed by atoms with Gasteiger partial charge in [-0.25, -0.2) is 0 Å². The van der Waals surface area contributed by atoms with Crippen molar-refractivity contribution >= 4 is 5.97 Å². The molecule has 1 aliphatic rings. The first kappa shape index (κ1) is 16.4. The number of rotatable bonds is 7. The lowest BCUT2D eigenvalue weighted by atomic mass is 9.98. The molecule has 0 aromatic rings. The lowest BCUT2D eigenvalue weighted by molar-refractivity contribution is -0.137. The van der Waals surface area contributed by atoms with Crippen molar-refractivity contribution in [3.8, 4) is 0 Å². The van der Waals surface area contributed by atoms with E-state index < -0.39 is 5.97 Å². The second kappa shape index (κ2) is 7.22. The number of nitrogens with zero attached hydrogens (tertiary/aromatic N) is 2. The van der Waals surface area contributed by atoms with Crippen LogP contribution in [-0.2, 0) is 9.53 Å². The van der Waals surface area contributed by atoms with E-state index in [0.717, 1.165) is 32.6 Å². The largest absolute Gasteiger partial charge is 0.481 e. The lowest BCUT2D eigenvalue weighted by Gasteiger charge is -2.40. The van der Waals surface area contributed by atoms with E-state index in [1.54, 1.807) is 7.11 Å². The molecule has 1 unspecified atom stereocenters. The maximum atomic E-state index is 10.6. The van der Waals surface area contributed by atoms with E-state index in [1.807, 2.05) is 0 Å². The maximum Gasteiger partial charge on any atom is 0.304 e. The van der Waals surface area contributed by atoms with E-state index in [0.29, 0.717) is 12.6 Å². The Morgan fingerprint density at radius 1 is 1.32 bits per heavy atom. The van der Waals surface area contributed by atoms with E-state index in [4.69, 9.17) is 9.84 Å². The predicted molar refractivity (Wildman–Crippen MR) is 75.4 cm³/mol. The third-order valence-corrected chi connectivity index (χ3v) is 4.01. The van der Waals surface area contributed by atoms with Gasteiger partial charge >= 0.3 is 5.97 Å². The summed E-state index contributed by atoms with van der Waals surface area (Å²) in [5.74, 6) is -0.711. The van der Waals surface area contributed by atoms with E-state index in [-0.39, 0.29) is 12.0 Å². The van der Waals surface area contributed by atoms with Crippen LogP contribution < -0.4 is 0 Å². The fourth-order valence-electron chi connectivity index (χ4n) is 2.61. The monoisotopic (exact) mass is 272 g/mol. The number of carboxylic acids is 1. The molecule has 112 valence electrons. The summed E-state index contributed by atoms with van der Waals surface area (Å²) < 4.78 is 5.48. The van der Waals surface area contributed by atoms with Crippen LogP contribution >= 0.6 is 0 Å². The molecule has 0 aliphatic carbocycles. The van der Waals surface area contributed by atoms with Crippen LogP contribution in [0.4, 0.5) is 0 Å². The summed E-state index contributed by atoms with van der Waals surface area (Å²) in [4.78, 5) is 15.3. The quantitative estimate of drug-likeness (QED) is 0.756. The number of aliphatic carboxylic acids is 1. The highest BCUT2D eigenvalue weighted by Gasteiger charge is 2.26. The first-order valence-electron chi connectivity index (χ1n) is 7.07. The molecule has 1 heterocycles. The Morgan fingerprint density at radius 2 is 1.89 bits per heavy atom. The summed E-state index contributed by atoms with van der Waals surface area (Å²) in [6, 6.07) is 0.497. The molecular weight excluding hydrogens is 244 g/mol. The Labute approximate surface area is 116 Å². The van der Waals surface area contributed by atoms with Gasteiger partial charge in [0.1, 0.15) is 0 Å². The number of methoxy groups -OCH3 is 1. The average molecular weight is 272 g/mol. The van der Waals surface area contributed by atoms with Gasteiger partial charge in [-0.2, -0.15) is 0 Å². The molecule has 0 amide bonds. The molecule has 0 bridgehead atoms. The van der Waals surface area contributed by atoms with E-state index in [1.165, 1.54) is 0 Å². The molecule has 1 rings (SSSR count). The van der Waals surface area contributed by atoms with Crippen LogP contribution in [0.2, 0.25) is 0 Å². The summed E-state index contributed by atoms with van der Waals surface area (Å²) >= 11 is 0. The van der Waals surface area contributed by atoms with Crippen molar-refractivity contribution in [2.24, 2.45) is 0 Å². The van der Waals surface area contributed by atoms with Crippen molar-refractivity contribution < 1.29 is 14.6 Å². The number of carbonyl (C=O) groups is 1. The number of hydrogen-bond donors (Lipinski definition) is 1. The average Bonchev–Trinajstić information content (AvgIpc) is 2.36. The highest BCUT2D eigenvalue weighted by molar-refractivity contribution is 5.66. The van der Waals surface area contributed by atoms with E-state index >= 15 is 0 Å². The molecule has 5 heteroatoms. The van der Waals surface area contributed by atoms with Crippen LogP contribution in [0.5, 0.6) is 0 Å². The summed E-state index contributed by atoms with van der Waals surface area (Å²) in [5, 5.41) is 8.69. The van der Waals surface area contributed by atoms with Gasteiger partial charge in [0, 0.05) is 45.9 Å². The number of piperazine rings is 1. The molecule has 1 N–H and O–H groups in total. The molecule has 0 radical (unpaired) electrons. The van der Waals surface area contributed by atoms with Gasteiger partial charge < -0.3 is 14.7 Å². The van der Waals surface area contributed by atoms with Gasteiger partial charge in [0.2, 0.25) is 0 Å². The SMILES string of the molecule is COC(C)(C)CC(C)N1CCN(CCC(=O)O)CC1. The molecule has 1 saturated heterocycles. The summed E-state index contributed by atoms with van der Waals surface area (Å²) in [6.07, 6.45) is 1.25. The van der Waals surface area contributed by atoms with Crippen molar-refractivity contribution in [3.63, 3.8) is 0 Å². The van der Waals surface area contributed by atoms with Crippen LogP contribution in [0, 0.1) is 0 Å². The smallest absolute Gasteiger partial charge is 0.304 e. The molecular formula is C14H28N2O3. The van der Waals surface area contributed by atoms with Gasteiger partial charge in [0.15, 0.2) is 0 Å². The van der Waals surface area contributed by atoms with Crippen LogP contribution in [-0.4, -0.2) is 72.4 Å². The molecule has 19 heavy (non-hydrogen) atoms. The molecule has 0 aromatic heterocycles. The van der Waals surface area contributed by atoms with Gasteiger partial charge in [-0.3, -0.25) is 9.69 Å². The Morgan fingerprint density at radius 3 is 2.37 bits per heavy atom. The van der Waals surface area contributed by atoms with Gasteiger partial charge in [-0.05, 0) is 27.2 Å². The van der Waals surface area contributed by atoms with Crippen LogP contribution in [0.25, 0.3) is 0 Å². The normalized spacial score (nSPS) is 20.4. The molecule has 0 saturated carbocycles. The highest BCUT2D eigenvalue weighted by Crippen LogP contribution is 2.20. The van der Waals surface area contributed by atoms with Gasteiger partial charge in [-0.1, -0.05) is 0 Å². The Kier molecular flexibility index (Phi) is 6.23.